The number of rotatable bonds is 5. The fourth-order valence-electron chi connectivity index (χ4n) is 1.78. The quantitative estimate of drug-likeness (QED) is 0.474. The van der Waals surface area contributed by atoms with Crippen LogP contribution in [-0.4, -0.2) is 12.6 Å². The van der Waals surface area contributed by atoms with Crippen molar-refractivity contribution in [1.29, 1.82) is 0 Å². The van der Waals surface area contributed by atoms with Crippen LogP contribution in [0.2, 0.25) is 0 Å². The molecule has 0 aliphatic rings. The van der Waals surface area contributed by atoms with Crippen LogP contribution in [0.1, 0.15) is 31.8 Å². The third-order valence-corrected chi connectivity index (χ3v) is 4.47. The molecule has 0 radical (unpaired) electrons. The molecule has 0 saturated carbocycles. The van der Waals surface area contributed by atoms with Gasteiger partial charge in [-0.2, -0.15) is 0 Å². The Labute approximate surface area is 145 Å². The lowest BCUT2D eigenvalue weighted by Gasteiger charge is -2.01. The number of halogens is 2. The van der Waals surface area contributed by atoms with Gasteiger partial charge in [0, 0.05) is 20.1 Å². The van der Waals surface area contributed by atoms with Crippen LogP contribution in [0.25, 0.3) is 8.96 Å². The number of benzene rings is 2. The number of carbonyl (C=O) groups excluding carboxylic acids is 2. The average molecular weight is 420 g/mol. The molecule has 0 saturated heterocycles. The molecule has 0 heterocycles. The van der Waals surface area contributed by atoms with Crippen molar-refractivity contribution in [3.63, 3.8) is 0 Å². The van der Waals surface area contributed by atoms with Crippen molar-refractivity contribution in [3.8, 4) is 0 Å². The standard InChI is InChI=1S/C18H12Br2O2/c19-17(15-5-1-13(11-21)2-6-15)9-10-18(20)16-7-3-14(12-22)4-8-16/h1-12H/b17-9+,18-10+. The van der Waals surface area contributed by atoms with Gasteiger partial charge in [-0.25, -0.2) is 0 Å². The Morgan fingerprint density at radius 2 is 0.955 bits per heavy atom. The Kier molecular flexibility index (Phi) is 6.04. The monoisotopic (exact) mass is 418 g/mol. The van der Waals surface area contributed by atoms with E-state index < -0.39 is 0 Å². The molecule has 0 amide bonds. The summed E-state index contributed by atoms with van der Waals surface area (Å²) in [6.45, 7) is 0. The predicted molar refractivity (Wildman–Crippen MR) is 97.5 cm³/mol. The van der Waals surface area contributed by atoms with Crippen LogP contribution in [0.4, 0.5) is 0 Å². The molecule has 4 heteroatoms. The molecular formula is C18H12Br2O2. The van der Waals surface area contributed by atoms with Gasteiger partial charge in [-0.1, -0.05) is 80.4 Å². The highest BCUT2D eigenvalue weighted by molar-refractivity contribution is 9.15. The SMILES string of the molecule is O=Cc1ccc(/C(Br)=C\C=C(\Br)c2ccc(C=O)cc2)cc1. The van der Waals surface area contributed by atoms with E-state index in [4.69, 9.17) is 0 Å². The smallest absolute Gasteiger partial charge is 0.150 e. The molecular weight excluding hydrogens is 408 g/mol. The molecule has 0 aliphatic carbocycles. The maximum atomic E-state index is 10.6. The Hall–Kier alpha value is -1.78. The van der Waals surface area contributed by atoms with Gasteiger partial charge in [0.05, 0.1) is 0 Å². The lowest BCUT2D eigenvalue weighted by atomic mass is 10.1. The lowest BCUT2D eigenvalue weighted by molar-refractivity contribution is 0.111. The predicted octanol–water partition coefficient (Wildman–Crippen LogP) is 5.48. The van der Waals surface area contributed by atoms with Gasteiger partial charge in [-0.15, -0.1) is 0 Å². The van der Waals surface area contributed by atoms with E-state index in [-0.39, 0.29) is 0 Å². The largest absolute Gasteiger partial charge is 0.298 e. The minimum absolute atomic E-state index is 0.649. The van der Waals surface area contributed by atoms with E-state index >= 15 is 0 Å². The van der Waals surface area contributed by atoms with Crippen LogP contribution in [0.3, 0.4) is 0 Å². The van der Waals surface area contributed by atoms with Gasteiger partial charge in [0.25, 0.3) is 0 Å². The van der Waals surface area contributed by atoms with Gasteiger partial charge < -0.3 is 0 Å². The molecule has 0 N–H and O–H groups in total. The van der Waals surface area contributed by atoms with Gasteiger partial charge in [-0.05, 0) is 23.3 Å². The van der Waals surface area contributed by atoms with Crippen LogP contribution in [0.5, 0.6) is 0 Å². The molecule has 0 unspecified atom stereocenters. The number of aldehydes is 2. The van der Waals surface area contributed by atoms with Gasteiger partial charge in [0.15, 0.2) is 0 Å². The van der Waals surface area contributed by atoms with Crippen molar-refractivity contribution in [3.05, 3.63) is 82.9 Å². The van der Waals surface area contributed by atoms with E-state index in [2.05, 4.69) is 31.9 Å². The summed E-state index contributed by atoms with van der Waals surface area (Å²) in [4.78, 5) is 21.3. The van der Waals surface area contributed by atoms with Gasteiger partial charge >= 0.3 is 0 Å². The molecule has 2 nitrogen and oxygen atoms in total. The molecule has 0 spiro atoms. The maximum Gasteiger partial charge on any atom is 0.150 e. The highest BCUT2D eigenvalue weighted by atomic mass is 79.9. The van der Waals surface area contributed by atoms with Crippen LogP contribution in [-0.2, 0) is 0 Å². The second-order valence-corrected chi connectivity index (χ2v) is 6.22. The Bertz CT molecular complexity index is 661. The van der Waals surface area contributed by atoms with Gasteiger partial charge in [-0.3, -0.25) is 9.59 Å². The van der Waals surface area contributed by atoms with Crippen molar-refractivity contribution in [1.82, 2.24) is 0 Å². The zero-order chi connectivity index (χ0) is 15.9. The second-order valence-electron chi connectivity index (χ2n) is 4.51. The summed E-state index contributed by atoms with van der Waals surface area (Å²) in [7, 11) is 0. The second kappa shape index (κ2) is 8.01. The molecule has 0 fully saturated rings. The first-order chi connectivity index (χ1) is 10.6. The Morgan fingerprint density at radius 3 is 1.23 bits per heavy atom. The van der Waals surface area contributed by atoms with Crippen LogP contribution in [0.15, 0.2) is 60.7 Å². The molecule has 110 valence electrons. The third-order valence-electron chi connectivity index (χ3n) is 3.02. The van der Waals surface area contributed by atoms with E-state index in [1.54, 1.807) is 24.3 Å². The molecule has 0 aromatic heterocycles. The van der Waals surface area contributed by atoms with Crippen LogP contribution >= 0.6 is 31.9 Å². The van der Waals surface area contributed by atoms with Crippen molar-refractivity contribution < 1.29 is 9.59 Å². The number of hydrogen-bond donors (Lipinski definition) is 0. The summed E-state index contributed by atoms with van der Waals surface area (Å²) in [6.07, 6.45) is 5.49. The topological polar surface area (TPSA) is 34.1 Å². The van der Waals surface area contributed by atoms with Gasteiger partial charge in [0.1, 0.15) is 12.6 Å². The van der Waals surface area contributed by atoms with Crippen molar-refractivity contribution in [2.24, 2.45) is 0 Å². The van der Waals surface area contributed by atoms with Crippen molar-refractivity contribution in [2.75, 3.05) is 0 Å². The molecule has 2 aromatic carbocycles. The van der Waals surface area contributed by atoms with Gasteiger partial charge in [0.2, 0.25) is 0 Å². The molecule has 0 aliphatic heterocycles. The molecule has 22 heavy (non-hydrogen) atoms. The molecule has 2 rings (SSSR count). The molecule has 0 atom stereocenters. The fourth-order valence-corrected chi connectivity index (χ4v) is 2.57. The van der Waals surface area contributed by atoms with E-state index in [0.717, 1.165) is 32.7 Å². The maximum absolute atomic E-state index is 10.6. The zero-order valence-electron chi connectivity index (χ0n) is 11.5. The number of hydrogen-bond acceptors (Lipinski definition) is 2. The summed E-state index contributed by atoms with van der Waals surface area (Å²) >= 11 is 7.03. The van der Waals surface area contributed by atoms with E-state index in [0.29, 0.717) is 11.1 Å². The number of allylic oxidation sites excluding steroid dienone is 2. The third kappa shape index (κ3) is 4.36. The normalized spacial score (nSPS) is 12.1. The zero-order valence-corrected chi connectivity index (χ0v) is 14.7. The summed E-state index contributed by atoms with van der Waals surface area (Å²) in [6, 6.07) is 14.6. The summed E-state index contributed by atoms with van der Waals surface area (Å²) < 4.78 is 1.82. The van der Waals surface area contributed by atoms with E-state index in [1.807, 2.05) is 36.4 Å². The minimum atomic E-state index is 0.649. The van der Waals surface area contributed by atoms with Crippen molar-refractivity contribution in [2.45, 2.75) is 0 Å². The van der Waals surface area contributed by atoms with E-state index in [1.165, 1.54) is 0 Å². The highest BCUT2D eigenvalue weighted by Gasteiger charge is 1.99. The van der Waals surface area contributed by atoms with Crippen LogP contribution in [0, 0.1) is 0 Å². The Morgan fingerprint density at radius 1 is 0.636 bits per heavy atom. The molecule has 0 bridgehead atoms. The first-order valence-corrected chi connectivity index (χ1v) is 8.07. The summed E-state index contributed by atoms with van der Waals surface area (Å²) in [5.74, 6) is 0. The van der Waals surface area contributed by atoms with Crippen molar-refractivity contribution >= 4 is 53.4 Å². The molecule has 2 aromatic rings. The lowest BCUT2D eigenvalue weighted by Crippen LogP contribution is -1.82. The summed E-state index contributed by atoms with van der Waals surface area (Å²) in [5.41, 5.74) is 3.27. The van der Waals surface area contributed by atoms with E-state index in [9.17, 15) is 9.59 Å². The minimum Gasteiger partial charge on any atom is -0.298 e. The Balaban J connectivity index is 2.18. The van der Waals surface area contributed by atoms with Crippen LogP contribution < -0.4 is 0 Å². The first-order valence-electron chi connectivity index (χ1n) is 6.48. The average Bonchev–Trinajstić information content (AvgIpc) is 2.59. The summed E-state index contributed by atoms with van der Waals surface area (Å²) in [5, 5.41) is 0. The number of carbonyl (C=O) groups is 2. The first kappa shape index (κ1) is 16.6. The fraction of sp³-hybridized carbons (Fsp3) is 0. The highest BCUT2D eigenvalue weighted by Crippen LogP contribution is 2.25.